The van der Waals surface area contributed by atoms with Gasteiger partial charge in [0.2, 0.25) is 0 Å². The second kappa shape index (κ2) is 6.52. The van der Waals surface area contributed by atoms with Crippen LogP contribution < -0.4 is 10.6 Å². The summed E-state index contributed by atoms with van der Waals surface area (Å²) in [6.45, 7) is 4.85. The summed E-state index contributed by atoms with van der Waals surface area (Å²) in [6.07, 6.45) is 0. The number of carbonyl (C=O) groups excluding carboxylic acids is 1. The van der Waals surface area contributed by atoms with Crippen molar-refractivity contribution >= 4 is 17.5 Å². The van der Waals surface area contributed by atoms with Crippen molar-refractivity contribution in [2.24, 2.45) is 0 Å². The van der Waals surface area contributed by atoms with E-state index in [4.69, 9.17) is 11.6 Å². The summed E-state index contributed by atoms with van der Waals surface area (Å²) in [5, 5.41) is 6.37. The van der Waals surface area contributed by atoms with Crippen molar-refractivity contribution in [2.45, 2.75) is 13.0 Å². The largest absolute Gasteiger partial charge is 0.350 e. The number of benzene rings is 1. The number of amides is 1. The van der Waals surface area contributed by atoms with E-state index in [1.165, 1.54) is 12.1 Å². The molecular formula is C14H19ClFN3O. The molecule has 20 heavy (non-hydrogen) atoms. The maximum absolute atomic E-state index is 13.5. The van der Waals surface area contributed by atoms with Gasteiger partial charge in [-0.1, -0.05) is 11.6 Å². The van der Waals surface area contributed by atoms with Crippen LogP contribution >= 0.6 is 11.6 Å². The third-order valence-electron chi connectivity index (χ3n) is 3.64. The van der Waals surface area contributed by atoms with Gasteiger partial charge in [0.1, 0.15) is 5.82 Å². The molecule has 1 heterocycles. The highest BCUT2D eigenvalue weighted by molar-refractivity contribution is 6.33. The minimum Gasteiger partial charge on any atom is -0.350 e. The zero-order chi connectivity index (χ0) is 14.7. The third-order valence-corrected chi connectivity index (χ3v) is 3.95. The quantitative estimate of drug-likeness (QED) is 0.887. The molecule has 1 fully saturated rings. The summed E-state index contributed by atoms with van der Waals surface area (Å²) in [4.78, 5) is 14.3. The maximum atomic E-state index is 13.5. The molecule has 0 radical (unpaired) electrons. The summed E-state index contributed by atoms with van der Waals surface area (Å²) in [7, 11) is 2.02. The number of piperazine rings is 1. The van der Waals surface area contributed by atoms with Crippen molar-refractivity contribution in [3.8, 4) is 0 Å². The Morgan fingerprint density at radius 2 is 2.35 bits per heavy atom. The first kappa shape index (κ1) is 15.2. The Labute approximate surface area is 123 Å². The lowest BCUT2D eigenvalue weighted by Crippen LogP contribution is -2.53. The van der Waals surface area contributed by atoms with Crippen LogP contribution in [0, 0.1) is 12.7 Å². The van der Waals surface area contributed by atoms with Crippen molar-refractivity contribution in [3.63, 3.8) is 0 Å². The number of hydrogen-bond acceptors (Lipinski definition) is 3. The van der Waals surface area contributed by atoms with Gasteiger partial charge >= 0.3 is 0 Å². The van der Waals surface area contributed by atoms with Crippen molar-refractivity contribution in [3.05, 3.63) is 34.1 Å². The van der Waals surface area contributed by atoms with Crippen LogP contribution in [0.15, 0.2) is 12.1 Å². The first-order valence-corrected chi connectivity index (χ1v) is 7.01. The molecule has 1 amide bonds. The zero-order valence-electron chi connectivity index (χ0n) is 11.7. The summed E-state index contributed by atoms with van der Waals surface area (Å²) < 4.78 is 13.5. The average Bonchev–Trinajstić information content (AvgIpc) is 2.41. The minimum atomic E-state index is -0.420. The van der Waals surface area contributed by atoms with Crippen LogP contribution in [-0.4, -0.2) is 50.1 Å². The predicted octanol–water partition coefficient (Wildman–Crippen LogP) is 1.42. The van der Waals surface area contributed by atoms with Gasteiger partial charge in [-0.25, -0.2) is 4.39 Å². The number of hydrogen-bond donors (Lipinski definition) is 2. The molecule has 4 nitrogen and oxygen atoms in total. The number of nitrogens with one attached hydrogen (secondary N) is 2. The Kier molecular flexibility index (Phi) is 4.96. The molecule has 0 spiro atoms. The van der Waals surface area contributed by atoms with E-state index in [2.05, 4.69) is 15.5 Å². The van der Waals surface area contributed by atoms with E-state index in [-0.39, 0.29) is 22.5 Å². The molecule has 2 N–H and O–H groups in total. The van der Waals surface area contributed by atoms with E-state index in [0.717, 1.165) is 19.6 Å². The molecule has 1 aromatic carbocycles. The smallest absolute Gasteiger partial charge is 0.252 e. The van der Waals surface area contributed by atoms with Gasteiger partial charge in [0, 0.05) is 32.2 Å². The first-order chi connectivity index (χ1) is 9.49. The van der Waals surface area contributed by atoms with Crippen LogP contribution in [0.1, 0.15) is 15.9 Å². The number of carbonyl (C=O) groups is 1. The molecule has 0 bridgehead atoms. The maximum Gasteiger partial charge on any atom is 0.252 e. The van der Waals surface area contributed by atoms with E-state index in [9.17, 15) is 9.18 Å². The van der Waals surface area contributed by atoms with Crippen molar-refractivity contribution in [1.29, 1.82) is 0 Å². The Morgan fingerprint density at radius 1 is 1.60 bits per heavy atom. The van der Waals surface area contributed by atoms with Gasteiger partial charge in [0.05, 0.1) is 10.6 Å². The Hall–Kier alpha value is -1.17. The second-order valence-electron chi connectivity index (χ2n) is 5.13. The normalized spacial score (nSPS) is 19.9. The third kappa shape index (κ3) is 3.48. The molecule has 6 heteroatoms. The molecule has 1 aliphatic heterocycles. The molecular weight excluding hydrogens is 281 g/mol. The summed E-state index contributed by atoms with van der Waals surface area (Å²) in [6, 6.07) is 2.90. The molecule has 110 valence electrons. The molecule has 1 unspecified atom stereocenters. The van der Waals surface area contributed by atoms with Gasteiger partial charge in [-0.3, -0.25) is 9.69 Å². The van der Waals surface area contributed by atoms with Crippen LogP contribution in [0.4, 0.5) is 4.39 Å². The van der Waals surface area contributed by atoms with E-state index in [1.54, 1.807) is 6.92 Å². The molecule has 1 atom stereocenters. The van der Waals surface area contributed by atoms with E-state index in [0.29, 0.717) is 12.1 Å². The summed E-state index contributed by atoms with van der Waals surface area (Å²) >= 11 is 6.00. The topological polar surface area (TPSA) is 44.4 Å². The van der Waals surface area contributed by atoms with Crippen LogP contribution in [0.2, 0.25) is 5.02 Å². The van der Waals surface area contributed by atoms with Crippen LogP contribution in [0.3, 0.4) is 0 Å². The van der Waals surface area contributed by atoms with Crippen LogP contribution in [0.5, 0.6) is 0 Å². The monoisotopic (exact) mass is 299 g/mol. The van der Waals surface area contributed by atoms with Crippen molar-refractivity contribution in [1.82, 2.24) is 15.5 Å². The number of aryl methyl sites for hydroxylation is 1. The van der Waals surface area contributed by atoms with E-state index >= 15 is 0 Å². The summed E-state index contributed by atoms with van der Waals surface area (Å²) in [5.41, 5.74) is 0.615. The standard InChI is InChI=1S/C14H19ClFN3O/c1-9-5-12(15)11(6-13(9)16)14(20)18-8-10-7-17-3-4-19(10)2/h5-6,10,17H,3-4,7-8H2,1-2H3,(H,18,20). The zero-order valence-corrected chi connectivity index (χ0v) is 12.4. The second-order valence-corrected chi connectivity index (χ2v) is 5.54. The van der Waals surface area contributed by atoms with Gasteiger partial charge in [-0.05, 0) is 31.7 Å². The highest BCUT2D eigenvalue weighted by Crippen LogP contribution is 2.20. The van der Waals surface area contributed by atoms with E-state index in [1.807, 2.05) is 7.05 Å². The highest BCUT2D eigenvalue weighted by Gasteiger charge is 2.20. The van der Waals surface area contributed by atoms with Gasteiger partial charge in [0.15, 0.2) is 0 Å². The molecule has 0 aromatic heterocycles. The molecule has 1 saturated heterocycles. The fraction of sp³-hybridized carbons (Fsp3) is 0.500. The molecule has 2 rings (SSSR count). The fourth-order valence-electron chi connectivity index (χ4n) is 2.22. The number of nitrogens with zero attached hydrogens (tertiary/aromatic N) is 1. The van der Waals surface area contributed by atoms with E-state index < -0.39 is 5.82 Å². The predicted molar refractivity (Wildman–Crippen MR) is 77.8 cm³/mol. The van der Waals surface area contributed by atoms with Crippen molar-refractivity contribution < 1.29 is 9.18 Å². The van der Waals surface area contributed by atoms with Crippen LogP contribution in [0.25, 0.3) is 0 Å². The van der Waals surface area contributed by atoms with Gasteiger partial charge in [0.25, 0.3) is 5.91 Å². The van der Waals surface area contributed by atoms with Gasteiger partial charge < -0.3 is 10.6 Å². The molecule has 0 aliphatic carbocycles. The van der Waals surface area contributed by atoms with Crippen LogP contribution in [-0.2, 0) is 0 Å². The minimum absolute atomic E-state index is 0.182. The molecule has 1 aromatic rings. The summed E-state index contributed by atoms with van der Waals surface area (Å²) in [5.74, 6) is -0.760. The SMILES string of the molecule is Cc1cc(Cl)c(C(=O)NCC2CNCCN2C)cc1F. The number of rotatable bonds is 3. The first-order valence-electron chi connectivity index (χ1n) is 6.64. The average molecular weight is 300 g/mol. The number of likely N-dealkylation sites (N-methyl/N-ethyl adjacent to an activating group) is 1. The van der Waals surface area contributed by atoms with Gasteiger partial charge in [-0.15, -0.1) is 0 Å². The lowest BCUT2D eigenvalue weighted by Gasteiger charge is -2.33. The Balaban J connectivity index is 2.00. The Bertz CT molecular complexity index is 509. The van der Waals surface area contributed by atoms with Gasteiger partial charge in [-0.2, -0.15) is 0 Å². The lowest BCUT2D eigenvalue weighted by atomic mass is 10.1. The van der Waals surface area contributed by atoms with Crippen molar-refractivity contribution in [2.75, 3.05) is 33.2 Å². The Morgan fingerprint density at radius 3 is 3.05 bits per heavy atom. The molecule has 1 aliphatic rings. The highest BCUT2D eigenvalue weighted by atomic mass is 35.5. The molecule has 0 saturated carbocycles. The lowest BCUT2D eigenvalue weighted by molar-refractivity contribution is 0.0932. The number of halogens is 2. The fourth-order valence-corrected chi connectivity index (χ4v) is 2.52.